The average Bonchev–Trinajstić information content (AvgIpc) is 3.47. The van der Waals surface area contributed by atoms with E-state index < -0.39 is 20.0 Å². The molecule has 0 saturated carbocycles. The zero-order valence-electron chi connectivity index (χ0n) is 30.5. The molecule has 1 heterocycles. The highest BCUT2D eigenvalue weighted by Crippen LogP contribution is 2.34. The van der Waals surface area contributed by atoms with Crippen molar-refractivity contribution in [3.8, 4) is 5.75 Å². The number of carbonyl (C=O) groups is 3. The third-order valence-corrected chi connectivity index (χ3v) is 10.6. The minimum absolute atomic E-state index is 0.0959. The van der Waals surface area contributed by atoms with E-state index in [4.69, 9.17) is 18.9 Å². The van der Waals surface area contributed by atoms with E-state index in [2.05, 4.69) is 19.6 Å². The molecule has 0 unspecified atom stereocenters. The van der Waals surface area contributed by atoms with Gasteiger partial charge in [0.15, 0.2) is 12.6 Å². The Balaban J connectivity index is 1.37. The molecule has 0 spiro atoms. The molecule has 6 rings (SSSR count). The number of benzene rings is 5. The van der Waals surface area contributed by atoms with E-state index in [1.54, 1.807) is 18.2 Å². The molecule has 0 aliphatic rings. The first-order valence-electron chi connectivity index (χ1n) is 17.6. The predicted molar refractivity (Wildman–Crippen MR) is 211 cm³/mol. The first-order valence-corrected chi connectivity index (χ1v) is 21.3. The van der Waals surface area contributed by atoms with Crippen molar-refractivity contribution >= 4 is 53.5 Å². The number of ketones is 1. The molecule has 9 heteroatoms. The van der Waals surface area contributed by atoms with Crippen LogP contribution in [0.25, 0.3) is 27.8 Å². The molecular weight excluding hydrogens is 683 g/mol. The van der Waals surface area contributed by atoms with Crippen LogP contribution in [0.4, 0.5) is 0 Å². The maximum absolute atomic E-state index is 14.6. The second-order valence-corrected chi connectivity index (χ2v) is 19.6. The van der Waals surface area contributed by atoms with Crippen LogP contribution in [0.2, 0.25) is 25.7 Å². The van der Waals surface area contributed by atoms with E-state index in [0.717, 1.165) is 33.5 Å². The van der Waals surface area contributed by atoms with Crippen molar-refractivity contribution in [3.05, 3.63) is 155 Å². The number of esters is 2. The minimum Gasteiger partial charge on any atom is -0.489 e. The number of carbonyl (C=O) groups excluding carboxylic acids is 3. The van der Waals surface area contributed by atoms with Gasteiger partial charge in [-0.3, -0.25) is 4.79 Å². The first-order chi connectivity index (χ1) is 25.6. The standard InChI is InChI=1S/C44H43NO7Si/c1-49-41(46)23-22-40-42(43(47)36-19-18-33-12-8-9-13-35(33)26-36)38-27-37(51-29-32-10-6-5-7-11-32)20-21-39(38)45(40)28-31-14-16-34(17-15-31)44(48)52-30-50-24-25-53(2,3)4/h5-23,26-27H,24-25,28-30H2,1-4H3. The monoisotopic (exact) mass is 725 g/mol. The number of ether oxygens (including phenoxy) is 4. The zero-order valence-corrected chi connectivity index (χ0v) is 31.5. The van der Waals surface area contributed by atoms with Gasteiger partial charge in [0.25, 0.3) is 0 Å². The highest BCUT2D eigenvalue weighted by Gasteiger charge is 2.24. The van der Waals surface area contributed by atoms with Crippen LogP contribution in [0.1, 0.15) is 43.1 Å². The fourth-order valence-corrected chi connectivity index (χ4v) is 6.76. The van der Waals surface area contributed by atoms with Crippen LogP contribution in [-0.4, -0.2) is 50.9 Å². The van der Waals surface area contributed by atoms with Gasteiger partial charge in [0.2, 0.25) is 0 Å². The molecule has 0 N–H and O–H groups in total. The minimum atomic E-state index is -1.24. The number of hydrogen-bond donors (Lipinski definition) is 0. The summed E-state index contributed by atoms with van der Waals surface area (Å²) in [5.41, 5.74) is 4.52. The van der Waals surface area contributed by atoms with E-state index in [1.165, 1.54) is 13.2 Å². The number of aromatic nitrogens is 1. The topological polar surface area (TPSA) is 93.1 Å². The predicted octanol–water partition coefficient (Wildman–Crippen LogP) is 9.31. The van der Waals surface area contributed by atoms with Crippen LogP contribution < -0.4 is 4.74 Å². The van der Waals surface area contributed by atoms with Crippen molar-refractivity contribution in [1.29, 1.82) is 0 Å². The van der Waals surface area contributed by atoms with Gasteiger partial charge in [-0.2, -0.15) is 0 Å². The summed E-state index contributed by atoms with van der Waals surface area (Å²) >= 11 is 0. The van der Waals surface area contributed by atoms with Gasteiger partial charge in [0.1, 0.15) is 12.4 Å². The van der Waals surface area contributed by atoms with Crippen molar-refractivity contribution in [1.82, 2.24) is 4.57 Å². The summed E-state index contributed by atoms with van der Waals surface area (Å²) in [6.07, 6.45) is 2.94. The molecular formula is C44H43NO7Si. The lowest BCUT2D eigenvalue weighted by molar-refractivity contribution is -0.134. The van der Waals surface area contributed by atoms with E-state index in [0.29, 0.717) is 53.3 Å². The van der Waals surface area contributed by atoms with Gasteiger partial charge in [-0.25, -0.2) is 9.59 Å². The summed E-state index contributed by atoms with van der Waals surface area (Å²) in [6.45, 7) is 7.95. The van der Waals surface area contributed by atoms with Gasteiger partial charge in [0, 0.05) is 43.8 Å². The Labute approximate surface area is 310 Å². The Hall–Kier alpha value is -5.77. The van der Waals surface area contributed by atoms with E-state index in [-0.39, 0.29) is 12.6 Å². The van der Waals surface area contributed by atoms with Crippen LogP contribution in [0.5, 0.6) is 5.75 Å². The Morgan fingerprint density at radius 1 is 0.755 bits per heavy atom. The van der Waals surface area contributed by atoms with Crippen molar-refractivity contribution in [2.75, 3.05) is 20.5 Å². The normalized spacial score (nSPS) is 11.6. The van der Waals surface area contributed by atoms with Crippen molar-refractivity contribution in [3.63, 3.8) is 0 Å². The molecule has 5 aromatic carbocycles. The lowest BCUT2D eigenvalue weighted by atomic mass is 9.97. The molecule has 0 atom stereocenters. The smallest absolute Gasteiger partial charge is 0.340 e. The number of hydrogen-bond acceptors (Lipinski definition) is 7. The lowest BCUT2D eigenvalue weighted by Gasteiger charge is -2.15. The molecule has 0 amide bonds. The molecule has 0 aliphatic heterocycles. The van der Waals surface area contributed by atoms with E-state index in [9.17, 15) is 14.4 Å². The van der Waals surface area contributed by atoms with E-state index >= 15 is 0 Å². The fourth-order valence-electron chi connectivity index (χ4n) is 6.00. The fraction of sp³-hybridized carbons (Fsp3) is 0.205. The average molecular weight is 726 g/mol. The summed E-state index contributed by atoms with van der Waals surface area (Å²) in [4.78, 5) is 39.8. The van der Waals surface area contributed by atoms with Gasteiger partial charge < -0.3 is 23.5 Å². The molecule has 1 aromatic heterocycles. The van der Waals surface area contributed by atoms with Crippen LogP contribution in [-0.2, 0) is 32.2 Å². The summed E-state index contributed by atoms with van der Waals surface area (Å²) in [5.74, 6) is -0.620. The van der Waals surface area contributed by atoms with Gasteiger partial charge in [-0.15, -0.1) is 0 Å². The Morgan fingerprint density at radius 2 is 1.47 bits per heavy atom. The zero-order chi connectivity index (χ0) is 37.4. The summed E-state index contributed by atoms with van der Waals surface area (Å²) in [5, 5.41) is 2.64. The van der Waals surface area contributed by atoms with Crippen molar-refractivity contribution in [2.45, 2.75) is 38.8 Å². The summed E-state index contributed by atoms with van der Waals surface area (Å²) in [6, 6.07) is 37.2. The molecule has 0 bridgehead atoms. The molecule has 53 heavy (non-hydrogen) atoms. The number of nitrogens with zero attached hydrogens (tertiary/aromatic N) is 1. The largest absolute Gasteiger partial charge is 0.489 e. The third-order valence-electron chi connectivity index (χ3n) is 8.94. The van der Waals surface area contributed by atoms with Gasteiger partial charge in [-0.05, 0) is 70.4 Å². The highest BCUT2D eigenvalue weighted by molar-refractivity contribution is 6.76. The van der Waals surface area contributed by atoms with Crippen LogP contribution in [0.15, 0.2) is 121 Å². The molecule has 6 aromatic rings. The molecule has 270 valence electrons. The van der Waals surface area contributed by atoms with Gasteiger partial charge in [0.05, 0.1) is 23.9 Å². The quantitative estimate of drug-likeness (QED) is 0.0260. The van der Waals surface area contributed by atoms with Gasteiger partial charge in [-0.1, -0.05) is 98.5 Å². The molecule has 0 radical (unpaired) electrons. The van der Waals surface area contributed by atoms with Crippen molar-refractivity contribution < 1.29 is 33.3 Å². The number of methoxy groups -OCH3 is 1. The maximum atomic E-state index is 14.6. The summed E-state index contributed by atoms with van der Waals surface area (Å²) < 4.78 is 24.0. The SMILES string of the molecule is COC(=O)C=Cc1c(C(=O)c2ccc3ccccc3c2)c2cc(OCc3ccccc3)ccc2n1Cc1ccc(C(=O)OCOCC[Si](C)(C)C)cc1. The molecule has 0 aliphatic carbocycles. The van der Waals surface area contributed by atoms with Crippen LogP contribution >= 0.6 is 0 Å². The molecule has 0 saturated heterocycles. The molecule has 8 nitrogen and oxygen atoms in total. The van der Waals surface area contributed by atoms with Gasteiger partial charge >= 0.3 is 11.9 Å². The Kier molecular flexibility index (Phi) is 11.7. The maximum Gasteiger partial charge on any atom is 0.340 e. The van der Waals surface area contributed by atoms with E-state index in [1.807, 2.05) is 108 Å². The van der Waals surface area contributed by atoms with Crippen LogP contribution in [0, 0.1) is 0 Å². The molecule has 0 fully saturated rings. The lowest BCUT2D eigenvalue weighted by Crippen LogP contribution is -2.22. The number of rotatable bonds is 15. The second-order valence-electron chi connectivity index (χ2n) is 14.0. The highest BCUT2D eigenvalue weighted by atomic mass is 28.3. The second kappa shape index (κ2) is 16.7. The number of fused-ring (bicyclic) bond motifs is 2. The Morgan fingerprint density at radius 3 is 2.21 bits per heavy atom. The Bertz CT molecular complexity index is 2270. The first kappa shape index (κ1) is 37.0. The van der Waals surface area contributed by atoms with Crippen LogP contribution in [0.3, 0.4) is 0 Å². The third kappa shape index (κ3) is 9.37. The summed E-state index contributed by atoms with van der Waals surface area (Å²) in [7, 11) is 0.0683. The van der Waals surface area contributed by atoms with Crippen molar-refractivity contribution in [2.24, 2.45) is 0 Å².